The summed E-state index contributed by atoms with van der Waals surface area (Å²) in [5.74, 6) is 0. The molecule has 0 aromatic carbocycles. The highest BCUT2D eigenvalue weighted by atomic mass is 32.3. The summed E-state index contributed by atoms with van der Waals surface area (Å²) in [6, 6.07) is 0. The molecule has 1 aliphatic rings. The van der Waals surface area contributed by atoms with Gasteiger partial charge in [-0.3, -0.25) is 4.70 Å². The second-order valence-corrected chi connectivity index (χ2v) is 2.34. The molecule has 0 atom stereocenters. The molecule has 1 heterocycles. The normalized spacial score (nSPS) is 24.5. The van der Waals surface area contributed by atoms with Crippen LogP contribution in [-0.4, -0.2) is 21.6 Å². The van der Waals surface area contributed by atoms with Crippen molar-refractivity contribution in [3.8, 4) is 0 Å². The molecule has 0 aromatic heterocycles. The van der Waals surface area contributed by atoms with Gasteiger partial charge in [0.2, 0.25) is 0 Å². The van der Waals surface area contributed by atoms with E-state index in [1.54, 1.807) is 0 Å². The van der Waals surface area contributed by atoms with Gasteiger partial charge in [-0.05, 0) is 0 Å². The molecule has 0 amide bonds. The van der Waals surface area contributed by atoms with Crippen LogP contribution in [0.2, 0.25) is 0 Å². The highest BCUT2D eigenvalue weighted by Crippen LogP contribution is 2.02. The summed E-state index contributed by atoms with van der Waals surface area (Å²) >= 11 is 0. The van der Waals surface area contributed by atoms with Gasteiger partial charge in [0.1, 0.15) is 0 Å². The van der Waals surface area contributed by atoms with Gasteiger partial charge in [-0.25, -0.2) is 8.37 Å². The number of hydrogen-bond donors (Lipinski definition) is 0. The van der Waals surface area contributed by atoms with E-state index in [9.17, 15) is 8.42 Å². The minimum absolute atomic E-state index is 0. The number of halogens is 1. The predicted molar refractivity (Wildman–Crippen MR) is 23.3 cm³/mol. The van der Waals surface area contributed by atoms with E-state index in [2.05, 4.69) is 8.37 Å². The average molecular weight is 144 g/mol. The Morgan fingerprint density at radius 3 is 1.62 bits per heavy atom. The Labute approximate surface area is 46.1 Å². The van der Waals surface area contributed by atoms with E-state index >= 15 is 0 Å². The van der Waals surface area contributed by atoms with Gasteiger partial charge in [0.05, 0.1) is 13.2 Å². The zero-order valence-electron chi connectivity index (χ0n) is 3.86. The third-order valence-electron chi connectivity index (χ3n) is 0.539. The molecule has 50 valence electrons. The number of hydrogen-bond acceptors (Lipinski definition) is 4. The number of rotatable bonds is 0. The van der Waals surface area contributed by atoms with Gasteiger partial charge < -0.3 is 0 Å². The first-order valence-electron chi connectivity index (χ1n) is 1.74. The van der Waals surface area contributed by atoms with Crippen LogP contribution in [0.25, 0.3) is 0 Å². The van der Waals surface area contributed by atoms with Crippen molar-refractivity contribution in [2.45, 2.75) is 0 Å². The highest BCUT2D eigenvalue weighted by molar-refractivity contribution is 7.82. The van der Waals surface area contributed by atoms with Gasteiger partial charge in [0, 0.05) is 0 Å². The molecule has 0 aromatic rings. The van der Waals surface area contributed by atoms with Crippen molar-refractivity contribution >= 4 is 10.4 Å². The zero-order valence-corrected chi connectivity index (χ0v) is 4.68. The van der Waals surface area contributed by atoms with Crippen molar-refractivity contribution in [2.24, 2.45) is 0 Å². The van der Waals surface area contributed by atoms with Crippen molar-refractivity contribution in [1.29, 1.82) is 0 Å². The van der Waals surface area contributed by atoms with E-state index in [1.807, 2.05) is 0 Å². The lowest BCUT2D eigenvalue weighted by atomic mass is 10.8. The monoisotopic (exact) mass is 144 g/mol. The van der Waals surface area contributed by atoms with Crippen molar-refractivity contribution in [2.75, 3.05) is 13.2 Å². The maximum Gasteiger partial charge on any atom is 0.400 e. The van der Waals surface area contributed by atoms with Gasteiger partial charge >= 0.3 is 10.4 Å². The molecule has 1 saturated heterocycles. The molecular formula is C2H5FO4S. The standard InChI is InChI=1S/C2H4O4S.FH/c3-7(4)5-1-2-6-7;/h1-2H2;1H. The topological polar surface area (TPSA) is 52.6 Å². The van der Waals surface area contributed by atoms with Crippen molar-refractivity contribution in [1.82, 2.24) is 0 Å². The van der Waals surface area contributed by atoms with Crippen LogP contribution >= 0.6 is 0 Å². The van der Waals surface area contributed by atoms with Crippen LogP contribution in [-0.2, 0) is 18.8 Å². The summed E-state index contributed by atoms with van der Waals surface area (Å²) in [4.78, 5) is 0. The third kappa shape index (κ3) is 1.73. The largest absolute Gasteiger partial charge is 0.400 e. The van der Waals surface area contributed by atoms with Crippen LogP contribution in [0, 0.1) is 0 Å². The van der Waals surface area contributed by atoms with Crippen LogP contribution < -0.4 is 0 Å². The SMILES string of the molecule is F.O=S1(=O)OCCO1. The minimum Gasteiger partial charge on any atom is -0.269 e. The Bertz CT molecular complexity index is 137. The molecule has 0 unspecified atom stereocenters. The quantitative estimate of drug-likeness (QED) is 0.457. The van der Waals surface area contributed by atoms with E-state index in [4.69, 9.17) is 0 Å². The Morgan fingerprint density at radius 1 is 1.12 bits per heavy atom. The molecule has 8 heavy (non-hydrogen) atoms. The molecule has 1 aliphatic heterocycles. The van der Waals surface area contributed by atoms with Gasteiger partial charge in [-0.1, -0.05) is 0 Å². The van der Waals surface area contributed by atoms with Crippen LogP contribution in [0.4, 0.5) is 4.70 Å². The third-order valence-corrected chi connectivity index (χ3v) is 1.45. The van der Waals surface area contributed by atoms with Crippen LogP contribution in [0.15, 0.2) is 0 Å². The molecule has 0 saturated carbocycles. The van der Waals surface area contributed by atoms with Crippen LogP contribution in [0.3, 0.4) is 0 Å². The molecule has 0 N–H and O–H groups in total. The van der Waals surface area contributed by atoms with E-state index in [0.717, 1.165) is 0 Å². The fraction of sp³-hybridized carbons (Fsp3) is 1.00. The van der Waals surface area contributed by atoms with Gasteiger partial charge in [-0.15, -0.1) is 0 Å². The molecule has 0 aliphatic carbocycles. The van der Waals surface area contributed by atoms with E-state index in [1.165, 1.54) is 0 Å². The lowest BCUT2D eigenvalue weighted by Crippen LogP contribution is -1.94. The summed E-state index contributed by atoms with van der Waals surface area (Å²) in [6.45, 7) is 0.310. The molecule has 4 nitrogen and oxygen atoms in total. The molecule has 0 bridgehead atoms. The molecule has 0 radical (unpaired) electrons. The molecular weight excluding hydrogens is 139 g/mol. The van der Waals surface area contributed by atoms with Gasteiger partial charge in [0.15, 0.2) is 0 Å². The maximum absolute atomic E-state index is 9.99. The molecule has 6 heteroatoms. The Morgan fingerprint density at radius 2 is 1.50 bits per heavy atom. The van der Waals surface area contributed by atoms with Crippen molar-refractivity contribution in [3.05, 3.63) is 0 Å². The Hall–Kier alpha value is -0.200. The smallest absolute Gasteiger partial charge is 0.269 e. The zero-order chi connectivity index (χ0) is 5.33. The summed E-state index contributed by atoms with van der Waals surface area (Å²) in [6.07, 6.45) is 0. The molecule has 0 spiro atoms. The predicted octanol–water partition coefficient (Wildman–Crippen LogP) is -0.569. The minimum atomic E-state index is -3.55. The first-order valence-corrected chi connectivity index (χ1v) is 3.08. The lowest BCUT2D eigenvalue weighted by Gasteiger charge is -1.82. The first-order chi connectivity index (χ1) is 3.21. The Balaban J connectivity index is 0.000000490. The van der Waals surface area contributed by atoms with Gasteiger partial charge in [0.25, 0.3) is 0 Å². The fourth-order valence-corrected chi connectivity index (χ4v) is 0.919. The summed E-state index contributed by atoms with van der Waals surface area (Å²) in [5, 5.41) is 0. The maximum atomic E-state index is 9.99. The summed E-state index contributed by atoms with van der Waals surface area (Å²) in [7, 11) is -3.55. The van der Waals surface area contributed by atoms with Crippen molar-refractivity contribution < 1.29 is 21.5 Å². The Kier molecular flexibility index (Phi) is 2.32. The van der Waals surface area contributed by atoms with E-state index in [0.29, 0.717) is 0 Å². The molecule has 1 fully saturated rings. The highest BCUT2D eigenvalue weighted by Gasteiger charge is 2.17. The molecule has 1 rings (SSSR count). The second kappa shape index (κ2) is 2.38. The van der Waals surface area contributed by atoms with Crippen LogP contribution in [0.1, 0.15) is 0 Å². The average Bonchev–Trinajstić information content (AvgIpc) is 1.84. The van der Waals surface area contributed by atoms with E-state index < -0.39 is 10.4 Å². The lowest BCUT2D eigenvalue weighted by molar-refractivity contribution is 0.360. The van der Waals surface area contributed by atoms with Crippen molar-refractivity contribution in [3.63, 3.8) is 0 Å². The first kappa shape index (κ1) is 7.80. The summed E-state index contributed by atoms with van der Waals surface area (Å²) < 4.78 is 28.2. The summed E-state index contributed by atoms with van der Waals surface area (Å²) in [5.41, 5.74) is 0. The van der Waals surface area contributed by atoms with Crippen LogP contribution in [0.5, 0.6) is 0 Å². The van der Waals surface area contributed by atoms with E-state index in [-0.39, 0.29) is 17.9 Å². The fourth-order valence-electron chi connectivity index (χ4n) is 0.306. The van der Waals surface area contributed by atoms with Gasteiger partial charge in [-0.2, -0.15) is 8.42 Å². The second-order valence-electron chi connectivity index (χ2n) is 1.05.